The van der Waals surface area contributed by atoms with Crippen LogP contribution in [0.1, 0.15) is 20.7 Å². The summed E-state index contributed by atoms with van der Waals surface area (Å²) >= 11 is 11.9. The molecule has 1 amide bonds. The zero-order valence-corrected chi connectivity index (χ0v) is 13.9. The first kappa shape index (κ1) is 17.0. The van der Waals surface area contributed by atoms with Gasteiger partial charge in [-0.05, 0) is 30.3 Å². The van der Waals surface area contributed by atoms with Gasteiger partial charge in [-0.15, -0.1) is 0 Å². The van der Waals surface area contributed by atoms with Crippen LogP contribution in [-0.2, 0) is 0 Å². The molecular weight excluding hydrogens is 369 g/mol. The number of halogens is 2. The number of fused-ring (bicyclic) bond motifs is 1. The number of carboxylic acids is 1. The van der Waals surface area contributed by atoms with Crippen LogP contribution < -0.4 is 10.9 Å². The molecule has 1 aromatic heterocycles. The molecule has 0 saturated carbocycles. The summed E-state index contributed by atoms with van der Waals surface area (Å²) in [7, 11) is 0. The average Bonchev–Trinajstić information content (AvgIpc) is 2.55. The molecule has 0 aliphatic carbocycles. The van der Waals surface area contributed by atoms with Gasteiger partial charge in [0.1, 0.15) is 5.56 Å². The molecule has 8 heteroatoms. The molecule has 6 nitrogen and oxygen atoms in total. The van der Waals surface area contributed by atoms with Crippen molar-refractivity contribution in [2.24, 2.45) is 0 Å². The smallest absolute Gasteiger partial charge is 0.349 e. The van der Waals surface area contributed by atoms with E-state index in [1.165, 1.54) is 36.4 Å². The van der Waals surface area contributed by atoms with Crippen molar-refractivity contribution in [1.29, 1.82) is 0 Å². The number of nitrogens with one attached hydrogen (secondary N) is 1. The van der Waals surface area contributed by atoms with Crippen LogP contribution in [0.15, 0.2) is 51.7 Å². The number of carbonyl (C=O) groups excluding carboxylic acids is 1. The van der Waals surface area contributed by atoms with Crippen molar-refractivity contribution in [2.45, 2.75) is 0 Å². The topological polar surface area (TPSA) is 96.6 Å². The van der Waals surface area contributed by atoms with E-state index in [0.717, 1.165) is 0 Å². The Morgan fingerprint density at radius 2 is 1.76 bits per heavy atom. The normalized spacial score (nSPS) is 10.6. The van der Waals surface area contributed by atoms with Gasteiger partial charge in [0.15, 0.2) is 5.58 Å². The summed E-state index contributed by atoms with van der Waals surface area (Å²) in [6.07, 6.45) is 0. The molecule has 3 rings (SSSR count). The fourth-order valence-corrected chi connectivity index (χ4v) is 2.83. The van der Waals surface area contributed by atoms with Crippen molar-refractivity contribution in [1.82, 2.24) is 0 Å². The second-order valence-electron chi connectivity index (χ2n) is 5.06. The molecule has 0 unspecified atom stereocenters. The lowest BCUT2D eigenvalue weighted by Gasteiger charge is -2.08. The number of hydrogen-bond donors (Lipinski definition) is 2. The van der Waals surface area contributed by atoms with Crippen LogP contribution in [0.4, 0.5) is 5.69 Å². The number of hydrogen-bond acceptors (Lipinski definition) is 4. The lowest BCUT2D eigenvalue weighted by atomic mass is 10.1. The van der Waals surface area contributed by atoms with Gasteiger partial charge in [0.25, 0.3) is 5.91 Å². The summed E-state index contributed by atoms with van der Waals surface area (Å²) in [4.78, 5) is 35.7. The van der Waals surface area contributed by atoms with Crippen molar-refractivity contribution < 1.29 is 19.1 Å². The Hall–Kier alpha value is -2.83. The van der Waals surface area contributed by atoms with E-state index in [9.17, 15) is 14.4 Å². The van der Waals surface area contributed by atoms with Gasteiger partial charge in [-0.2, -0.15) is 0 Å². The highest BCUT2D eigenvalue weighted by atomic mass is 35.5. The van der Waals surface area contributed by atoms with E-state index < -0.39 is 17.5 Å². The number of carboxylic acid groups (broad SMARTS) is 1. The van der Waals surface area contributed by atoms with E-state index in [1.807, 2.05) is 0 Å². The number of anilines is 1. The van der Waals surface area contributed by atoms with E-state index in [4.69, 9.17) is 32.7 Å². The van der Waals surface area contributed by atoms with Crippen molar-refractivity contribution in [2.75, 3.05) is 5.32 Å². The van der Waals surface area contributed by atoms with Gasteiger partial charge in [0, 0.05) is 10.4 Å². The molecule has 0 aliphatic rings. The molecule has 0 fully saturated rings. The number of rotatable bonds is 3. The predicted octanol–water partition coefficient (Wildman–Crippen LogP) is 4.05. The minimum atomic E-state index is -1.21. The second kappa shape index (κ2) is 6.58. The average molecular weight is 378 g/mol. The predicted molar refractivity (Wildman–Crippen MR) is 93.9 cm³/mol. The van der Waals surface area contributed by atoms with Crippen molar-refractivity contribution in [3.05, 3.63) is 74.1 Å². The molecule has 0 aliphatic heterocycles. The van der Waals surface area contributed by atoms with Gasteiger partial charge in [-0.25, -0.2) is 9.59 Å². The van der Waals surface area contributed by atoms with Crippen LogP contribution in [0.25, 0.3) is 11.0 Å². The van der Waals surface area contributed by atoms with E-state index in [-0.39, 0.29) is 27.4 Å². The Balaban J connectivity index is 2.05. The Morgan fingerprint density at radius 1 is 1.04 bits per heavy atom. The molecule has 126 valence electrons. The Labute approximate surface area is 150 Å². The van der Waals surface area contributed by atoms with Crippen LogP contribution in [0.5, 0.6) is 0 Å². The lowest BCUT2D eigenvalue weighted by Crippen LogP contribution is -2.21. The summed E-state index contributed by atoms with van der Waals surface area (Å²) in [5, 5.41) is 12.4. The Bertz CT molecular complexity index is 1070. The molecule has 2 aromatic carbocycles. The molecule has 1 heterocycles. The molecule has 25 heavy (non-hydrogen) atoms. The highest BCUT2D eigenvalue weighted by molar-refractivity contribution is 6.38. The van der Waals surface area contributed by atoms with Gasteiger partial charge in [0.2, 0.25) is 0 Å². The highest BCUT2D eigenvalue weighted by Gasteiger charge is 2.18. The summed E-state index contributed by atoms with van der Waals surface area (Å²) in [6.45, 7) is 0. The molecular formula is C17H9Cl2NO5. The van der Waals surface area contributed by atoms with Crippen LogP contribution in [0, 0.1) is 0 Å². The largest absolute Gasteiger partial charge is 0.478 e. The lowest BCUT2D eigenvalue weighted by molar-refractivity contribution is 0.0698. The SMILES string of the molecule is O=C(O)c1ccccc1NC(=O)c1cc2cc(Cl)cc(Cl)c2oc1=O. The third-order valence-corrected chi connectivity index (χ3v) is 3.90. The van der Waals surface area contributed by atoms with Crippen LogP contribution in [0.2, 0.25) is 10.0 Å². The van der Waals surface area contributed by atoms with Crippen molar-refractivity contribution in [3.63, 3.8) is 0 Å². The third kappa shape index (κ3) is 3.35. The zero-order chi connectivity index (χ0) is 18.1. The van der Waals surface area contributed by atoms with Crippen LogP contribution >= 0.6 is 23.2 Å². The van der Waals surface area contributed by atoms with E-state index in [1.54, 1.807) is 6.07 Å². The van der Waals surface area contributed by atoms with Crippen LogP contribution in [0.3, 0.4) is 0 Å². The molecule has 0 radical (unpaired) electrons. The summed E-state index contributed by atoms with van der Waals surface area (Å²) in [6, 6.07) is 10.0. The third-order valence-electron chi connectivity index (χ3n) is 3.40. The number of benzene rings is 2. The van der Waals surface area contributed by atoms with Gasteiger partial charge in [-0.3, -0.25) is 4.79 Å². The van der Waals surface area contributed by atoms with Gasteiger partial charge in [0.05, 0.1) is 16.3 Å². The van der Waals surface area contributed by atoms with E-state index in [0.29, 0.717) is 10.4 Å². The maximum absolute atomic E-state index is 12.4. The molecule has 2 N–H and O–H groups in total. The standard InChI is InChI=1S/C17H9Cl2NO5/c18-9-5-8-6-11(17(24)25-14(8)12(19)7-9)15(21)20-13-4-2-1-3-10(13)16(22)23/h1-7H,(H,20,21)(H,22,23). The molecule has 0 saturated heterocycles. The summed E-state index contributed by atoms with van der Waals surface area (Å²) in [5.41, 5.74) is -1.14. The van der Waals surface area contributed by atoms with E-state index in [2.05, 4.69) is 5.32 Å². The fourth-order valence-electron chi connectivity index (χ4n) is 2.28. The summed E-state index contributed by atoms with van der Waals surface area (Å²) < 4.78 is 5.09. The second-order valence-corrected chi connectivity index (χ2v) is 5.90. The highest BCUT2D eigenvalue weighted by Crippen LogP contribution is 2.27. The molecule has 3 aromatic rings. The van der Waals surface area contributed by atoms with E-state index >= 15 is 0 Å². The van der Waals surface area contributed by atoms with Gasteiger partial charge < -0.3 is 14.8 Å². The first-order valence-electron chi connectivity index (χ1n) is 6.93. The maximum atomic E-state index is 12.4. The van der Waals surface area contributed by atoms with Crippen molar-refractivity contribution in [3.8, 4) is 0 Å². The van der Waals surface area contributed by atoms with Crippen molar-refractivity contribution >= 4 is 51.7 Å². The quantitative estimate of drug-likeness (QED) is 0.671. The maximum Gasteiger partial charge on any atom is 0.349 e. The molecule has 0 bridgehead atoms. The zero-order valence-electron chi connectivity index (χ0n) is 12.4. The van der Waals surface area contributed by atoms with Crippen LogP contribution in [-0.4, -0.2) is 17.0 Å². The number of aromatic carboxylic acids is 1. The first-order valence-corrected chi connectivity index (χ1v) is 7.69. The fraction of sp³-hybridized carbons (Fsp3) is 0. The molecule has 0 spiro atoms. The number of carbonyl (C=O) groups is 2. The minimum Gasteiger partial charge on any atom is -0.478 e. The Morgan fingerprint density at radius 3 is 2.48 bits per heavy atom. The number of amides is 1. The molecule has 0 atom stereocenters. The Kier molecular flexibility index (Phi) is 4.48. The summed E-state index contributed by atoms with van der Waals surface area (Å²) in [5.74, 6) is -2.01. The van der Waals surface area contributed by atoms with Gasteiger partial charge >= 0.3 is 11.6 Å². The van der Waals surface area contributed by atoms with Gasteiger partial charge in [-0.1, -0.05) is 35.3 Å². The minimum absolute atomic E-state index is 0.0589. The number of para-hydroxylation sites is 1. The first-order chi connectivity index (χ1) is 11.9. The monoisotopic (exact) mass is 377 g/mol.